The molecule has 2 aromatic carbocycles. The van der Waals surface area contributed by atoms with Crippen LogP contribution in [0.5, 0.6) is 0 Å². The molecular formula is C29H27BN6O2+. The van der Waals surface area contributed by atoms with Gasteiger partial charge in [-0.1, -0.05) is 36.4 Å². The van der Waals surface area contributed by atoms with Crippen LogP contribution in [0.1, 0.15) is 35.0 Å². The molecule has 1 radical (unpaired) electrons. The Morgan fingerprint density at radius 2 is 1.87 bits per heavy atom. The number of aromatic amines is 1. The van der Waals surface area contributed by atoms with Crippen molar-refractivity contribution in [1.82, 2.24) is 19.1 Å². The van der Waals surface area contributed by atoms with Crippen molar-refractivity contribution in [2.45, 2.75) is 26.5 Å². The molecule has 8 nitrogen and oxygen atoms in total. The Labute approximate surface area is 221 Å². The van der Waals surface area contributed by atoms with Crippen molar-refractivity contribution < 1.29 is 14.5 Å². The number of aromatic nitrogens is 3. The average Bonchev–Trinajstić information content (AvgIpc) is 3.51. The number of carbonyl (C=O) groups excluding carboxylic acids is 1. The van der Waals surface area contributed by atoms with Crippen LogP contribution in [0.4, 0.5) is 5.69 Å². The molecule has 0 spiro atoms. The molecular weight excluding hydrogens is 475 g/mol. The van der Waals surface area contributed by atoms with Crippen LogP contribution in [-0.2, 0) is 24.4 Å². The van der Waals surface area contributed by atoms with E-state index in [1.54, 1.807) is 0 Å². The highest BCUT2D eigenvalue weighted by Gasteiger charge is 2.40. The lowest BCUT2D eigenvalue weighted by Gasteiger charge is -2.28. The zero-order valence-corrected chi connectivity index (χ0v) is 21.1. The van der Waals surface area contributed by atoms with Gasteiger partial charge in [0.15, 0.2) is 0 Å². The van der Waals surface area contributed by atoms with Crippen molar-refractivity contribution in [3.8, 4) is 5.82 Å². The van der Waals surface area contributed by atoms with Gasteiger partial charge in [0.05, 0.1) is 25.0 Å². The minimum atomic E-state index is -0.0878. The minimum Gasteiger partial charge on any atom is -0.390 e. The second-order valence-electron chi connectivity index (χ2n) is 9.88. The third kappa shape index (κ3) is 3.66. The highest BCUT2D eigenvalue weighted by atomic mass is 16.3. The van der Waals surface area contributed by atoms with E-state index in [9.17, 15) is 9.90 Å². The summed E-state index contributed by atoms with van der Waals surface area (Å²) in [6, 6.07) is 20.9. The topological polar surface area (TPSA) is 81.2 Å². The van der Waals surface area contributed by atoms with E-state index in [-0.39, 0.29) is 12.5 Å². The number of allylic oxidation sites excluding steroid dienone is 1. The summed E-state index contributed by atoms with van der Waals surface area (Å²) in [6.45, 7) is 3.32. The number of aliphatic hydroxyl groups is 1. The van der Waals surface area contributed by atoms with Gasteiger partial charge >= 0.3 is 7.55 Å². The molecule has 5 heterocycles. The summed E-state index contributed by atoms with van der Waals surface area (Å²) >= 11 is 0. The molecule has 0 atom stereocenters. The number of nitrogens with zero attached hydrogens (tertiary/aromatic N) is 4. The first kappa shape index (κ1) is 22.7. The number of aliphatic hydroxyl groups excluding tert-OH is 1. The quantitative estimate of drug-likeness (QED) is 0.296. The fraction of sp³-hybridized carbons (Fsp3) is 0.172. The highest BCUT2D eigenvalue weighted by molar-refractivity contribution is 6.40. The number of H-pyrrole nitrogens is 1. The molecule has 1 amide bonds. The van der Waals surface area contributed by atoms with E-state index >= 15 is 0 Å². The minimum absolute atomic E-state index is 0.0197. The van der Waals surface area contributed by atoms with Crippen molar-refractivity contribution in [3.05, 3.63) is 113 Å². The normalized spacial score (nSPS) is 17.8. The van der Waals surface area contributed by atoms with Gasteiger partial charge in [0.1, 0.15) is 18.1 Å². The maximum Gasteiger partial charge on any atom is 0.553 e. The number of fused-ring (bicyclic) bond motifs is 3. The number of hydrogen-bond acceptors (Lipinski definition) is 2. The molecule has 0 unspecified atom stereocenters. The number of nitrogens with one attached hydrogen (secondary N) is 2. The lowest BCUT2D eigenvalue weighted by Crippen LogP contribution is -2.43. The van der Waals surface area contributed by atoms with E-state index in [1.807, 2.05) is 23.0 Å². The van der Waals surface area contributed by atoms with E-state index in [1.165, 1.54) is 18.1 Å². The van der Waals surface area contributed by atoms with E-state index < -0.39 is 0 Å². The molecule has 3 N–H and O–H groups in total. The number of amides is 1. The van der Waals surface area contributed by atoms with Crippen molar-refractivity contribution in [2.24, 2.45) is 0 Å². The number of carbonyl (C=O) groups is 1. The molecule has 9 heteroatoms. The monoisotopic (exact) mass is 502 g/mol. The van der Waals surface area contributed by atoms with Crippen LogP contribution in [0.25, 0.3) is 11.4 Å². The van der Waals surface area contributed by atoms with Crippen LogP contribution in [0, 0.1) is 0 Å². The molecule has 3 aliphatic heterocycles. The van der Waals surface area contributed by atoms with Crippen molar-refractivity contribution in [2.75, 3.05) is 11.9 Å². The van der Waals surface area contributed by atoms with Gasteiger partial charge in [0, 0.05) is 36.4 Å². The lowest BCUT2D eigenvalue weighted by molar-refractivity contribution is -0.550. The van der Waals surface area contributed by atoms with E-state index in [2.05, 4.69) is 92.5 Å². The van der Waals surface area contributed by atoms with Crippen molar-refractivity contribution in [3.63, 3.8) is 0 Å². The number of anilines is 1. The smallest absolute Gasteiger partial charge is 0.390 e. The second kappa shape index (κ2) is 8.81. The summed E-state index contributed by atoms with van der Waals surface area (Å²) in [6.07, 6.45) is 7.34. The lowest BCUT2D eigenvalue weighted by atomic mass is 9.91. The van der Waals surface area contributed by atoms with Gasteiger partial charge < -0.3 is 14.9 Å². The maximum absolute atomic E-state index is 11.5. The number of hydrogen-bond donors (Lipinski definition) is 3. The Morgan fingerprint density at radius 3 is 2.63 bits per heavy atom. The molecule has 0 aliphatic carbocycles. The number of amidine groups is 1. The first-order valence-corrected chi connectivity index (χ1v) is 12.8. The van der Waals surface area contributed by atoms with Crippen molar-refractivity contribution in [1.29, 1.82) is 0 Å². The van der Waals surface area contributed by atoms with Gasteiger partial charge in [-0.05, 0) is 47.0 Å². The SMILES string of the molecule is CC(=O)Nc1ccc(C2=C3C=CC(=[N+]4CCc5ccccc5C4)N3[B]n3c2ccc3-n2cc(CO)[nH]2)cc1. The summed E-state index contributed by atoms with van der Waals surface area (Å²) in [5, 5.41) is 15.5. The van der Waals surface area contributed by atoms with Crippen LogP contribution in [-0.4, -0.2) is 54.6 Å². The fourth-order valence-electron chi connectivity index (χ4n) is 5.64. The Hall–Kier alpha value is -4.50. The summed E-state index contributed by atoms with van der Waals surface area (Å²) in [5.41, 5.74) is 8.72. The van der Waals surface area contributed by atoms with Gasteiger partial charge in [0.2, 0.25) is 5.91 Å². The maximum atomic E-state index is 11.5. The predicted octanol–water partition coefficient (Wildman–Crippen LogP) is 3.25. The zero-order valence-electron chi connectivity index (χ0n) is 21.1. The molecule has 4 aromatic rings. The van der Waals surface area contributed by atoms with Gasteiger partial charge in [-0.3, -0.25) is 19.3 Å². The summed E-state index contributed by atoms with van der Waals surface area (Å²) in [7, 11) is 2.15. The molecule has 2 aromatic heterocycles. The van der Waals surface area contributed by atoms with Crippen LogP contribution in [0.2, 0.25) is 0 Å². The zero-order chi connectivity index (χ0) is 25.8. The summed E-state index contributed by atoms with van der Waals surface area (Å²) < 4.78 is 6.55. The molecule has 0 saturated heterocycles. The second-order valence-corrected chi connectivity index (χ2v) is 9.88. The third-order valence-corrected chi connectivity index (χ3v) is 7.45. The molecule has 7 rings (SSSR count). The van der Waals surface area contributed by atoms with Crippen LogP contribution in [0.15, 0.2) is 84.7 Å². The van der Waals surface area contributed by atoms with Crippen molar-refractivity contribution >= 4 is 30.6 Å². The van der Waals surface area contributed by atoms with Crippen LogP contribution in [0.3, 0.4) is 0 Å². The molecule has 187 valence electrons. The Kier molecular flexibility index (Phi) is 5.26. The van der Waals surface area contributed by atoms with E-state index in [0.29, 0.717) is 0 Å². The number of rotatable bonds is 4. The molecule has 0 bridgehead atoms. The van der Waals surface area contributed by atoms with Crippen LogP contribution >= 0.6 is 0 Å². The first-order chi connectivity index (χ1) is 18.6. The highest BCUT2D eigenvalue weighted by Crippen LogP contribution is 2.37. The average molecular weight is 502 g/mol. The Morgan fingerprint density at radius 1 is 1.08 bits per heavy atom. The largest absolute Gasteiger partial charge is 0.553 e. The number of benzene rings is 2. The molecule has 0 saturated carbocycles. The third-order valence-electron chi connectivity index (χ3n) is 7.45. The summed E-state index contributed by atoms with van der Waals surface area (Å²) in [5.74, 6) is 2.02. The molecule has 38 heavy (non-hydrogen) atoms. The Balaban J connectivity index is 1.34. The van der Waals surface area contributed by atoms with E-state index in [4.69, 9.17) is 0 Å². The first-order valence-electron chi connectivity index (χ1n) is 12.8. The van der Waals surface area contributed by atoms with Gasteiger partial charge in [-0.15, -0.1) is 0 Å². The van der Waals surface area contributed by atoms with Gasteiger partial charge in [0.25, 0.3) is 5.84 Å². The predicted molar refractivity (Wildman–Crippen MR) is 147 cm³/mol. The standard InChI is InChI=1S/C29H26BN6O2/c1-19(38)31-23-8-6-21(7-9-23)29-25-10-12-27(33-15-14-20-4-2-3-5-22(20)16-33)35(25)30-36-26(29)11-13-28(36)34-17-24(18-37)32-34/h2-13,17,32,37H,14-16,18H2,1H3/p+1. The summed E-state index contributed by atoms with van der Waals surface area (Å²) in [4.78, 5) is 13.8. The Bertz CT molecular complexity index is 1650. The fourth-order valence-corrected chi connectivity index (χ4v) is 5.64. The van der Waals surface area contributed by atoms with Crippen LogP contribution < -0.4 is 5.32 Å². The van der Waals surface area contributed by atoms with Gasteiger partial charge in [-0.25, -0.2) is 4.68 Å². The van der Waals surface area contributed by atoms with Gasteiger partial charge in [-0.2, -0.15) is 0 Å². The molecule has 3 aliphatic rings. The van der Waals surface area contributed by atoms with E-state index in [0.717, 1.165) is 65.1 Å². The molecule has 0 fully saturated rings.